The molecule has 2 amide bonds. The van der Waals surface area contributed by atoms with E-state index in [1.54, 1.807) is 34.4 Å². The third-order valence-corrected chi connectivity index (χ3v) is 6.35. The summed E-state index contributed by atoms with van der Waals surface area (Å²) in [5.41, 5.74) is 1.48. The standard InChI is InChI=1S/C20H25ClN4O2S/c1-15-17(21)5-2-6-18(15)23-19(26)12-22-20(27)14-25-9-7-24(8-10-25)13-16-4-3-11-28-16/h2-6,11H,7-10,12-14H2,1H3,(H,22,27)(H,23,26)/p+2. The molecule has 1 aliphatic heterocycles. The largest absolute Gasteiger partial charge is 0.342 e. The predicted octanol–water partition coefficient (Wildman–Crippen LogP) is -0.252. The second kappa shape index (κ2) is 10.0. The number of rotatable bonds is 7. The summed E-state index contributed by atoms with van der Waals surface area (Å²) in [6.45, 7) is 7.37. The summed E-state index contributed by atoms with van der Waals surface area (Å²) >= 11 is 7.86. The van der Waals surface area contributed by atoms with Crippen LogP contribution in [-0.4, -0.2) is 51.1 Å². The van der Waals surface area contributed by atoms with Gasteiger partial charge in [0.05, 0.1) is 11.4 Å². The Morgan fingerprint density at radius 2 is 1.82 bits per heavy atom. The molecule has 3 rings (SSSR count). The molecule has 150 valence electrons. The van der Waals surface area contributed by atoms with Gasteiger partial charge in [-0.05, 0) is 36.1 Å². The summed E-state index contributed by atoms with van der Waals surface area (Å²) in [4.78, 5) is 28.5. The molecule has 1 aromatic heterocycles. The van der Waals surface area contributed by atoms with Gasteiger partial charge in [0.1, 0.15) is 32.7 Å². The normalized spacial score (nSPS) is 19.2. The Kier molecular flexibility index (Phi) is 7.44. The predicted molar refractivity (Wildman–Crippen MR) is 112 cm³/mol. The number of thiophene rings is 1. The molecule has 0 unspecified atom stereocenters. The lowest BCUT2D eigenvalue weighted by Crippen LogP contribution is -3.28. The quantitative estimate of drug-likeness (QED) is 0.497. The number of anilines is 1. The Morgan fingerprint density at radius 3 is 2.54 bits per heavy atom. The average Bonchev–Trinajstić information content (AvgIpc) is 3.18. The summed E-state index contributed by atoms with van der Waals surface area (Å²) in [5, 5.41) is 8.23. The van der Waals surface area contributed by atoms with E-state index >= 15 is 0 Å². The van der Waals surface area contributed by atoms with E-state index < -0.39 is 0 Å². The molecule has 1 aromatic carbocycles. The van der Waals surface area contributed by atoms with Gasteiger partial charge < -0.3 is 20.4 Å². The lowest BCUT2D eigenvalue weighted by molar-refractivity contribution is -1.01. The fraction of sp³-hybridized carbons (Fsp3) is 0.400. The SMILES string of the molecule is Cc1c(Cl)cccc1NC(=O)CNC(=O)C[NH+]1CC[NH+](Cc2cccs2)CC1. The molecule has 0 atom stereocenters. The van der Waals surface area contributed by atoms with Crippen LogP contribution in [0.2, 0.25) is 5.02 Å². The molecular weight excluding hydrogens is 396 g/mol. The van der Waals surface area contributed by atoms with E-state index in [9.17, 15) is 9.59 Å². The van der Waals surface area contributed by atoms with Crippen LogP contribution < -0.4 is 20.4 Å². The van der Waals surface area contributed by atoms with Crippen LogP contribution in [0.15, 0.2) is 35.7 Å². The van der Waals surface area contributed by atoms with E-state index in [2.05, 4.69) is 28.1 Å². The average molecular weight is 423 g/mol. The second-order valence-corrected chi connectivity index (χ2v) is 8.61. The van der Waals surface area contributed by atoms with Crippen LogP contribution in [-0.2, 0) is 16.1 Å². The molecule has 6 nitrogen and oxygen atoms in total. The third kappa shape index (κ3) is 6.04. The molecular formula is C20H27ClN4O2S+2. The van der Waals surface area contributed by atoms with Gasteiger partial charge >= 0.3 is 0 Å². The number of piperazine rings is 1. The maximum absolute atomic E-state index is 12.2. The van der Waals surface area contributed by atoms with Gasteiger partial charge in [0, 0.05) is 10.7 Å². The lowest BCUT2D eigenvalue weighted by Gasteiger charge is -2.29. The fourth-order valence-corrected chi connectivity index (χ4v) is 4.33. The number of nitrogens with one attached hydrogen (secondary N) is 4. The van der Waals surface area contributed by atoms with Gasteiger partial charge in [0.25, 0.3) is 5.91 Å². The molecule has 0 bridgehead atoms. The van der Waals surface area contributed by atoms with Crippen molar-refractivity contribution in [1.82, 2.24) is 5.32 Å². The first-order valence-electron chi connectivity index (χ1n) is 9.52. The zero-order valence-electron chi connectivity index (χ0n) is 16.0. The number of amides is 2. The van der Waals surface area contributed by atoms with Crippen LogP contribution in [0.1, 0.15) is 10.4 Å². The van der Waals surface area contributed by atoms with Crippen LogP contribution in [0.25, 0.3) is 0 Å². The summed E-state index contributed by atoms with van der Waals surface area (Å²) in [6, 6.07) is 9.63. The monoisotopic (exact) mass is 422 g/mol. The molecule has 1 fully saturated rings. The number of benzene rings is 1. The molecule has 0 aliphatic carbocycles. The van der Waals surface area contributed by atoms with E-state index in [4.69, 9.17) is 11.6 Å². The van der Waals surface area contributed by atoms with Crippen molar-refractivity contribution in [1.29, 1.82) is 0 Å². The number of hydrogen-bond donors (Lipinski definition) is 4. The van der Waals surface area contributed by atoms with Crippen molar-refractivity contribution in [3.05, 3.63) is 51.2 Å². The van der Waals surface area contributed by atoms with E-state index in [0.29, 0.717) is 17.3 Å². The first kappa shape index (κ1) is 20.8. The zero-order chi connectivity index (χ0) is 19.9. The van der Waals surface area contributed by atoms with Crippen molar-refractivity contribution < 1.29 is 19.4 Å². The van der Waals surface area contributed by atoms with Gasteiger partial charge in [-0.3, -0.25) is 9.59 Å². The molecule has 0 radical (unpaired) electrons. The molecule has 8 heteroatoms. The Bertz CT molecular complexity index is 805. The number of halogens is 1. The highest BCUT2D eigenvalue weighted by Gasteiger charge is 2.25. The van der Waals surface area contributed by atoms with Crippen molar-refractivity contribution in [3.63, 3.8) is 0 Å². The minimum absolute atomic E-state index is 0.0339. The van der Waals surface area contributed by atoms with Crippen molar-refractivity contribution in [2.45, 2.75) is 13.5 Å². The lowest BCUT2D eigenvalue weighted by atomic mass is 10.2. The zero-order valence-corrected chi connectivity index (χ0v) is 17.6. The topological polar surface area (TPSA) is 67.1 Å². The van der Waals surface area contributed by atoms with Crippen molar-refractivity contribution in [2.75, 3.05) is 44.6 Å². The number of carbonyl (C=O) groups is 2. The maximum atomic E-state index is 12.2. The molecule has 0 spiro atoms. The second-order valence-electron chi connectivity index (χ2n) is 7.17. The molecule has 0 saturated carbocycles. The van der Waals surface area contributed by atoms with Crippen molar-refractivity contribution in [2.24, 2.45) is 0 Å². The summed E-state index contributed by atoms with van der Waals surface area (Å²) < 4.78 is 0. The Morgan fingerprint density at radius 1 is 1.07 bits per heavy atom. The number of hydrogen-bond acceptors (Lipinski definition) is 3. The van der Waals surface area contributed by atoms with Crippen molar-refractivity contribution >= 4 is 40.4 Å². The van der Waals surface area contributed by atoms with Gasteiger partial charge in [-0.15, -0.1) is 11.3 Å². The van der Waals surface area contributed by atoms with Crippen LogP contribution >= 0.6 is 22.9 Å². The first-order chi connectivity index (χ1) is 13.5. The Balaban J connectivity index is 1.35. The number of carbonyl (C=O) groups excluding carboxylic acids is 2. The molecule has 28 heavy (non-hydrogen) atoms. The van der Waals surface area contributed by atoms with Crippen LogP contribution in [0, 0.1) is 6.92 Å². The highest BCUT2D eigenvalue weighted by atomic mass is 35.5. The smallest absolute Gasteiger partial charge is 0.275 e. The molecule has 1 aliphatic rings. The van der Waals surface area contributed by atoms with Gasteiger partial charge in [0.15, 0.2) is 6.54 Å². The Hall–Kier alpha value is -1.93. The maximum Gasteiger partial charge on any atom is 0.275 e. The highest BCUT2D eigenvalue weighted by molar-refractivity contribution is 7.09. The fourth-order valence-electron chi connectivity index (χ4n) is 3.38. The molecule has 2 aromatic rings. The molecule has 4 N–H and O–H groups in total. The van der Waals surface area contributed by atoms with Crippen LogP contribution in [0.3, 0.4) is 0 Å². The van der Waals surface area contributed by atoms with Gasteiger partial charge in [-0.1, -0.05) is 23.7 Å². The van der Waals surface area contributed by atoms with Gasteiger partial charge in [0.2, 0.25) is 5.91 Å². The van der Waals surface area contributed by atoms with E-state index in [1.807, 2.05) is 6.92 Å². The molecule has 2 heterocycles. The van der Waals surface area contributed by atoms with Crippen molar-refractivity contribution in [3.8, 4) is 0 Å². The number of quaternary nitrogens is 2. The van der Waals surface area contributed by atoms with Crippen LogP contribution in [0.5, 0.6) is 0 Å². The van der Waals surface area contributed by atoms with E-state index in [1.165, 1.54) is 9.78 Å². The van der Waals surface area contributed by atoms with E-state index in [0.717, 1.165) is 38.3 Å². The highest BCUT2D eigenvalue weighted by Crippen LogP contribution is 2.22. The minimum Gasteiger partial charge on any atom is -0.342 e. The summed E-state index contributed by atoms with van der Waals surface area (Å²) in [7, 11) is 0. The summed E-state index contributed by atoms with van der Waals surface area (Å²) in [5.74, 6) is -0.339. The van der Waals surface area contributed by atoms with Crippen LogP contribution in [0.4, 0.5) is 5.69 Å². The van der Waals surface area contributed by atoms with E-state index in [-0.39, 0.29) is 18.4 Å². The Labute approximate surface area is 174 Å². The van der Waals surface area contributed by atoms with Gasteiger partial charge in [-0.25, -0.2) is 0 Å². The third-order valence-electron chi connectivity index (χ3n) is 5.07. The van der Waals surface area contributed by atoms with Gasteiger partial charge in [-0.2, -0.15) is 0 Å². The first-order valence-corrected chi connectivity index (χ1v) is 10.8. The molecule has 1 saturated heterocycles. The summed E-state index contributed by atoms with van der Waals surface area (Å²) in [6.07, 6.45) is 0. The minimum atomic E-state index is -0.251.